The maximum atomic E-state index is 12.6. The zero-order valence-corrected chi connectivity index (χ0v) is 16.7. The first-order chi connectivity index (χ1) is 12.4. The van der Waals surface area contributed by atoms with Gasteiger partial charge in [-0.1, -0.05) is 35.3 Å². The molecule has 2 rings (SSSR count). The number of rotatable bonds is 7. The fourth-order valence-electron chi connectivity index (χ4n) is 2.51. The lowest BCUT2D eigenvalue weighted by Gasteiger charge is -2.25. The number of benzene rings is 2. The minimum Gasteiger partial charge on any atom is -0.493 e. The second-order valence-electron chi connectivity index (χ2n) is 5.86. The molecule has 0 saturated heterocycles. The molecule has 0 unspecified atom stereocenters. The van der Waals surface area contributed by atoms with Gasteiger partial charge >= 0.3 is 0 Å². The molecule has 1 atom stereocenters. The normalized spacial score (nSPS) is 12.0. The molecule has 0 saturated carbocycles. The summed E-state index contributed by atoms with van der Waals surface area (Å²) in [5, 5.41) is 3.74. The van der Waals surface area contributed by atoms with Gasteiger partial charge < -0.3 is 14.8 Å². The minimum absolute atomic E-state index is 0.168. The van der Waals surface area contributed by atoms with E-state index in [1.807, 2.05) is 37.1 Å². The maximum Gasteiger partial charge on any atom is 0.241 e. The van der Waals surface area contributed by atoms with Crippen molar-refractivity contribution in [2.75, 3.05) is 26.6 Å². The van der Waals surface area contributed by atoms with Crippen molar-refractivity contribution in [3.63, 3.8) is 0 Å². The molecule has 140 valence electrons. The van der Waals surface area contributed by atoms with Crippen LogP contribution in [0.15, 0.2) is 36.4 Å². The van der Waals surface area contributed by atoms with Gasteiger partial charge in [0, 0.05) is 17.1 Å². The van der Waals surface area contributed by atoms with Crippen LogP contribution >= 0.6 is 23.2 Å². The van der Waals surface area contributed by atoms with Crippen LogP contribution in [0.1, 0.15) is 12.5 Å². The van der Waals surface area contributed by atoms with Crippen LogP contribution in [-0.4, -0.2) is 38.1 Å². The predicted molar refractivity (Wildman–Crippen MR) is 106 cm³/mol. The highest BCUT2D eigenvalue weighted by Crippen LogP contribution is 2.31. The van der Waals surface area contributed by atoms with E-state index in [4.69, 9.17) is 32.7 Å². The van der Waals surface area contributed by atoms with Crippen molar-refractivity contribution in [1.82, 2.24) is 4.90 Å². The lowest BCUT2D eigenvalue weighted by molar-refractivity contribution is -0.120. The summed E-state index contributed by atoms with van der Waals surface area (Å²) in [6.07, 6.45) is 0. The molecule has 0 aliphatic rings. The predicted octanol–water partition coefficient (Wildman–Crippen LogP) is 4.47. The maximum absolute atomic E-state index is 12.6. The monoisotopic (exact) mass is 396 g/mol. The highest BCUT2D eigenvalue weighted by molar-refractivity contribution is 6.36. The van der Waals surface area contributed by atoms with Crippen LogP contribution in [0.25, 0.3) is 0 Å². The molecule has 5 nitrogen and oxygen atoms in total. The number of anilines is 1. The second kappa shape index (κ2) is 9.12. The van der Waals surface area contributed by atoms with E-state index in [1.165, 1.54) is 0 Å². The lowest BCUT2D eigenvalue weighted by atomic mass is 10.1. The van der Waals surface area contributed by atoms with Crippen LogP contribution in [0.2, 0.25) is 10.0 Å². The van der Waals surface area contributed by atoms with E-state index in [2.05, 4.69) is 5.32 Å². The number of carbonyl (C=O) groups excluding carboxylic acids is 1. The number of carbonyl (C=O) groups is 1. The molecular formula is C19H22Cl2N2O3. The molecule has 2 aromatic carbocycles. The number of amides is 1. The van der Waals surface area contributed by atoms with E-state index in [0.717, 1.165) is 5.56 Å². The fraction of sp³-hybridized carbons (Fsp3) is 0.316. The fourth-order valence-corrected chi connectivity index (χ4v) is 2.97. The molecule has 0 aliphatic heterocycles. The second-order valence-corrected chi connectivity index (χ2v) is 6.70. The number of nitrogens with zero attached hydrogens (tertiary/aromatic N) is 1. The van der Waals surface area contributed by atoms with E-state index < -0.39 is 6.04 Å². The van der Waals surface area contributed by atoms with E-state index in [-0.39, 0.29) is 5.91 Å². The van der Waals surface area contributed by atoms with Gasteiger partial charge in [-0.15, -0.1) is 0 Å². The highest BCUT2D eigenvalue weighted by atomic mass is 35.5. The molecule has 26 heavy (non-hydrogen) atoms. The molecule has 0 spiro atoms. The highest BCUT2D eigenvalue weighted by Gasteiger charge is 2.21. The molecule has 0 fully saturated rings. The first-order valence-corrected chi connectivity index (χ1v) is 8.79. The third kappa shape index (κ3) is 4.81. The zero-order chi connectivity index (χ0) is 19.3. The van der Waals surface area contributed by atoms with Crippen molar-refractivity contribution < 1.29 is 14.3 Å². The van der Waals surface area contributed by atoms with Crippen molar-refractivity contribution in [3.8, 4) is 11.5 Å². The van der Waals surface area contributed by atoms with Crippen LogP contribution in [0.4, 0.5) is 5.69 Å². The molecule has 0 bridgehead atoms. The summed E-state index contributed by atoms with van der Waals surface area (Å²) in [4.78, 5) is 14.5. The van der Waals surface area contributed by atoms with E-state index >= 15 is 0 Å². The minimum atomic E-state index is -0.391. The van der Waals surface area contributed by atoms with Crippen LogP contribution in [0.5, 0.6) is 11.5 Å². The molecule has 0 heterocycles. The van der Waals surface area contributed by atoms with Crippen LogP contribution in [-0.2, 0) is 11.3 Å². The first kappa shape index (κ1) is 20.4. The number of hydrogen-bond acceptors (Lipinski definition) is 4. The van der Waals surface area contributed by atoms with Gasteiger partial charge in [-0.25, -0.2) is 0 Å². The Morgan fingerprint density at radius 3 is 2.54 bits per heavy atom. The number of para-hydroxylation sites is 1. The average Bonchev–Trinajstić information content (AvgIpc) is 2.62. The SMILES string of the molecule is COc1cccc(CN(C)[C@H](C)C(=O)Nc2ccc(Cl)cc2Cl)c1OC. The van der Waals surface area contributed by atoms with Gasteiger partial charge in [0.05, 0.1) is 31.0 Å². The van der Waals surface area contributed by atoms with Crippen molar-refractivity contribution >= 4 is 34.8 Å². The number of methoxy groups -OCH3 is 2. The van der Waals surface area contributed by atoms with Gasteiger partial charge in [0.15, 0.2) is 11.5 Å². The molecule has 0 radical (unpaired) electrons. The number of halogens is 2. The Bertz CT molecular complexity index is 783. The van der Waals surface area contributed by atoms with Crippen LogP contribution < -0.4 is 14.8 Å². The van der Waals surface area contributed by atoms with Gasteiger partial charge in [-0.05, 0) is 38.2 Å². The van der Waals surface area contributed by atoms with Crippen molar-refractivity contribution in [3.05, 3.63) is 52.0 Å². The Labute approximate surface area is 163 Å². The smallest absolute Gasteiger partial charge is 0.241 e. The van der Waals surface area contributed by atoms with Gasteiger partial charge in [0.25, 0.3) is 0 Å². The third-order valence-corrected chi connectivity index (χ3v) is 4.68. The Balaban J connectivity index is 2.09. The van der Waals surface area contributed by atoms with Crippen molar-refractivity contribution in [1.29, 1.82) is 0 Å². The molecule has 0 aliphatic carbocycles. The van der Waals surface area contributed by atoms with E-state index in [0.29, 0.717) is 33.8 Å². The average molecular weight is 397 g/mol. The summed E-state index contributed by atoms with van der Waals surface area (Å²) < 4.78 is 10.8. The number of ether oxygens (including phenoxy) is 2. The Kier molecular flexibility index (Phi) is 7.14. The van der Waals surface area contributed by atoms with Crippen molar-refractivity contribution in [2.45, 2.75) is 19.5 Å². The van der Waals surface area contributed by atoms with Gasteiger partial charge in [-0.2, -0.15) is 0 Å². The van der Waals surface area contributed by atoms with Gasteiger partial charge in [-0.3, -0.25) is 9.69 Å². The molecular weight excluding hydrogens is 375 g/mol. The summed E-state index contributed by atoms with van der Waals surface area (Å²) in [6.45, 7) is 2.34. The summed E-state index contributed by atoms with van der Waals surface area (Å²) in [5.41, 5.74) is 1.46. The first-order valence-electron chi connectivity index (χ1n) is 8.03. The number of likely N-dealkylation sites (N-methyl/N-ethyl adjacent to an activating group) is 1. The van der Waals surface area contributed by atoms with Crippen molar-refractivity contribution in [2.24, 2.45) is 0 Å². The molecule has 7 heteroatoms. The summed E-state index contributed by atoms with van der Waals surface area (Å²) in [6, 6.07) is 10.2. The Morgan fingerprint density at radius 2 is 1.92 bits per heavy atom. The summed E-state index contributed by atoms with van der Waals surface area (Å²) in [7, 11) is 5.06. The van der Waals surface area contributed by atoms with Gasteiger partial charge in [0.1, 0.15) is 0 Å². The standard InChI is InChI=1S/C19H22Cl2N2O3/c1-12(19(24)22-16-9-8-14(20)10-15(16)21)23(2)11-13-6-5-7-17(25-3)18(13)26-4/h5-10,12H,11H2,1-4H3,(H,22,24)/t12-/m1/s1. The molecule has 2 aromatic rings. The molecule has 0 aromatic heterocycles. The van der Waals surface area contributed by atoms with Crippen LogP contribution in [0, 0.1) is 0 Å². The van der Waals surface area contributed by atoms with E-state index in [1.54, 1.807) is 32.4 Å². The summed E-state index contributed by atoms with van der Waals surface area (Å²) >= 11 is 12.0. The third-order valence-electron chi connectivity index (χ3n) is 4.13. The Hall–Kier alpha value is -1.95. The summed E-state index contributed by atoms with van der Waals surface area (Å²) in [5.74, 6) is 1.15. The van der Waals surface area contributed by atoms with Gasteiger partial charge in [0.2, 0.25) is 5.91 Å². The molecule has 1 amide bonds. The van der Waals surface area contributed by atoms with E-state index in [9.17, 15) is 4.79 Å². The number of hydrogen-bond donors (Lipinski definition) is 1. The lowest BCUT2D eigenvalue weighted by Crippen LogP contribution is -2.39. The zero-order valence-electron chi connectivity index (χ0n) is 15.2. The van der Waals surface area contributed by atoms with Crippen LogP contribution in [0.3, 0.4) is 0 Å². The molecule has 1 N–H and O–H groups in total. The topological polar surface area (TPSA) is 50.8 Å². The Morgan fingerprint density at radius 1 is 1.19 bits per heavy atom. The largest absolute Gasteiger partial charge is 0.493 e. The quantitative estimate of drug-likeness (QED) is 0.749. The number of nitrogens with one attached hydrogen (secondary N) is 1.